The van der Waals surface area contributed by atoms with E-state index in [-0.39, 0.29) is 23.7 Å². The van der Waals surface area contributed by atoms with Crippen molar-refractivity contribution in [1.29, 1.82) is 0 Å². The van der Waals surface area contributed by atoms with Gasteiger partial charge in [0.05, 0.1) is 0 Å². The number of ketones is 1. The highest BCUT2D eigenvalue weighted by Crippen LogP contribution is 2.17. The maximum absolute atomic E-state index is 12.0. The molecule has 0 radical (unpaired) electrons. The van der Waals surface area contributed by atoms with Gasteiger partial charge in [0, 0.05) is 5.56 Å². The lowest BCUT2D eigenvalue weighted by atomic mass is 10.0. The van der Waals surface area contributed by atoms with Crippen LogP contribution in [-0.4, -0.2) is 23.5 Å². The molecule has 0 spiro atoms. The lowest BCUT2D eigenvalue weighted by Crippen LogP contribution is -2.14. The summed E-state index contributed by atoms with van der Waals surface area (Å²) >= 11 is 0. The van der Waals surface area contributed by atoms with E-state index in [1.54, 1.807) is 24.3 Å². The largest absolute Gasteiger partial charge is 0.507 e. The van der Waals surface area contributed by atoms with Crippen molar-refractivity contribution in [3.05, 3.63) is 64.7 Å². The Morgan fingerprint density at radius 3 is 2.43 bits per heavy atom. The van der Waals surface area contributed by atoms with Gasteiger partial charge in [-0.05, 0) is 43.2 Å². The van der Waals surface area contributed by atoms with E-state index >= 15 is 0 Å². The minimum Gasteiger partial charge on any atom is -0.507 e. The number of aryl methyl sites for hydroxylation is 2. The number of esters is 1. The summed E-state index contributed by atoms with van der Waals surface area (Å²) in [4.78, 5) is 23.8. The predicted molar refractivity (Wildman–Crippen MR) is 78.6 cm³/mol. The molecule has 0 aromatic heterocycles. The van der Waals surface area contributed by atoms with Crippen LogP contribution in [0, 0.1) is 13.8 Å². The lowest BCUT2D eigenvalue weighted by Gasteiger charge is -2.07. The van der Waals surface area contributed by atoms with Crippen LogP contribution in [0.4, 0.5) is 0 Å². The van der Waals surface area contributed by atoms with Gasteiger partial charge < -0.3 is 9.84 Å². The van der Waals surface area contributed by atoms with Crippen LogP contribution in [0.1, 0.15) is 31.8 Å². The van der Waals surface area contributed by atoms with Gasteiger partial charge in [-0.15, -0.1) is 0 Å². The van der Waals surface area contributed by atoms with E-state index in [4.69, 9.17) is 4.74 Å². The van der Waals surface area contributed by atoms with E-state index in [1.807, 2.05) is 19.9 Å². The third-order valence-electron chi connectivity index (χ3n) is 3.29. The standard InChI is InChI=1S/C17H16O4/c1-11-7-8-13(9-12(11)2)16(19)10-21-17(20)14-5-3-4-6-15(14)18/h3-9,18H,10H2,1-2H3. The van der Waals surface area contributed by atoms with Gasteiger partial charge in [0.1, 0.15) is 11.3 Å². The Morgan fingerprint density at radius 1 is 1.05 bits per heavy atom. The van der Waals surface area contributed by atoms with Gasteiger partial charge in [-0.25, -0.2) is 4.79 Å². The van der Waals surface area contributed by atoms with Crippen LogP contribution < -0.4 is 0 Å². The molecule has 0 bridgehead atoms. The van der Waals surface area contributed by atoms with Gasteiger partial charge in [0.15, 0.2) is 12.4 Å². The number of ether oxygens (including phenoxy) is 1. The van der Waals surface area contributed by atoms with E-state index < -0.39 is 5.97 Å². The zero-order valence-electron chi connectivity index (χ0n) is 11.9. The van der Waals surface area contributed by atoms with Gasteiger partial charge >= 0.3 is 5.97 Å². The number of hydrogen-bond acceptors (Lipinski definition) is 4. The maximum Gasteiger partial charge on any atom is 0.342 e. The SMILES string of the molecule is Cc1ccc(C(=O)COC(=O)c2ccccc2O)cc1C. The summed E-state index contributed by atoms with van der Waals surface area (Å²) in [6, 6.07) is 11.4. The molecular formula is C17H16O4. The molecule has 0 unspecified atom stereocenters. The number of phenols is 1. The van der Waals surface area contributed by atoms with Crippen molar-refractivity contribution >= 4 is 11.8 Å². The Morgan fingerprint density at radius 2 is 1.76 bits per heavy atom. The van der Waals surface area contributed by atoms with Gasteiger partial charge in [-0.3, -0.25) is 4.79 Å². The average molecular weight is 284 g/mol. The fraction of sp³-hybridized carbons (Fsp3) is 0.176. The third kappa shape index (κ3) is 3.48. The zero-order chi connectivity index (χ0) is 15.4. The fourth-order valence-electron chi connectivity index (χ4n) is 1.85. The molecule has 0 saturated carbocycles. The number of rotatable bonds is 4. The number of benzene rings is 2. The van der Waals surface area contributed by atoms with Crippen molar-refractivity contribution in [1.82, 2.24) is 0 Å². The predicted octanol–water partition coefficient (Wildman–Crippen LogP) is 3.05. The fourth-order valence-corrected chi connectivity index (χ4v) is 1.85. The van der Waals surface area contributed by atoms with Crippen molar-refractivity contribution in [3.63, 3.8) is 0 Å². The molecular weight excluding hydrogens is 268 g/mol. The highest BCUT2D eigenvalue weighted by Gasteiger charge is 2.14. The molecule has 4 nitrogen and oxygen atoms in total. The first-order valence-electron chi connectivity index (χ1n) is 6.54. The molecule has 0 aliphatic heterocycles. The van der Waals surface area contributed by atoms with Crippen LogP contribution in [0.3, 0.4) is 0 Å². The molecule has 108 valence electrons. The molecule has 2 rings (SSSR count). The second kappa shape index (κ2) is 6.22. The zero-order valence-corrected chi connectivity index (χ0v) is 11.9. The molecule has 2 aromatic carbocycles. The van der Waals surface area contributed by atoms with Crippen molar-refractivity contribution in [3.8, 4) is 5.75 Å². The summed E-state index contributed by atoms with van der Waals surface area (Å²) in [7, 11) is 0. The van der Waals surface area contributed by atoms with Crippen molar-refractivity contribution in [2.45, 2.75) is 13.8 Å². The van der Waals surface area contributed by atoms with E-state index in [0.717, 1.165) is 11.1 Å². The van der Waals surface area contributed by atoms with Gasteiger partial charge in [-0.2, -0.15) is 0 Å². The second-order valence-electron chi connectivity index (χ2n) is 4.82. The summed E-state index contributed by atoms with van der Waals surface area (Å²) in [5.41, 5.74) is 2.65. The number of para-hydroxylation sites is 1. The molecule has 4 heteroatoms. The molecule has 1 N–H and O–H groups in total. The van der Waals surface area contributed by atoms with Crippen molar-refractivity contribution < 1.29 is 19.4 Å². The second-order valence-corrected chi connectivity index (χ2v) is 4.82. The van der Waals surface area contributed by atoms with Crippen molar-refractivity contribution in [2.24, 2.45) is 0 Å². The maximum atomic E-state index is 12.0. The number of hydrogen-bond donors (Lipinski definition) is 1. The summed E-state index contributed by atoms with van der Waals surface area (Å²) in [5, 5.41) is 9.54. The Bertz CT molecular complexity index is 689. The normalized spacial score (nSPS) is 10.2. The first-order valence-corrected chi connectivity index (χ1v) is 6.54. The summed E-state index contributed by atoms with van der Waals surface area (Å²) < 4.78 is 4.95. The minimum atomic E-state index is -0.717. The van der Waals surface area contributed by atoms with Gasteiger partial charge in [0.2, 0.25) is 0 Å². The molecule has 0 fully saturated rings. The Labute approximate surface area is 123 Å². The quantitative estimate of drug-likeness (QED) is 0.692. The molecule has 2 aromatic rings. The molecule has 0 aliphatic carbocycles. The number of carbonyl (C=O) groups excluding carboxylic acids is 2. The molecule has 0 atom stereocenters. The van der Waals surface area contributed by atoms with E-state index in [1.165, 1.54) is 12.1 Å². The van der Waals surface area contributed by atoms with Crippen LogP contribution in [0.2, 0.25) is 0 Å². The molecule has 0 heterocycles. The number of aromatic hydroxyl groups is 1. The van der Waals surface area contributed by atoms with Crippen LogP contribution in [-0.2, 0) is 4.74 Å². The lowest BCUT2D eigenvalue weighted by molar-refractivity contribution is 0.0472. The number of Topliss-reactive ketones (excluding diaryl/α,β-unsaturated/α-hetero) is 1. The van der Waals surface area contributed by atoms with E-state index in [2.05, 4.69) is 0 Å². The molecule has 21 heavy (non-hydrogen) atoms. The van der Waals surface area contributed by atoms with Crippen LogP contribution >= 0.6 is 0 Å². The minimum absolute atomic E-state index is 0.0467. The molecule has 0 saturated heterocycles. The smallest absolute Gasteiger partial charge is 0.342 e. The summed E-state index contributed by atoms with van der Waals surface area (Å²) in [6.07, 6.45) is 0. The first-order chi connectivity index (χ1) is 9.99. The summed E-state index contributed by atoms with van der Waals surface area (Å²) in [5.74, 6) is -1.16. The monoisotopic (exact) mass is 284 g/mol. The van der Waals surface area contributed by atoms with E-state index in [9.17, 15) is 14.7 Å². The highest BCUT2D eigenvalue weighted by atomic mass is 16.5. The third-order valence-corrected chi connectivity index (χ3v) is 3.29. The summed E-state index contributed by atoms with van der Waals surface area (Å²) in [6.45, 7) is 3.53. The van der Waals surface area contributed by atoms with Gasteiger partial charge in [-0.1, -0.05) is 24.3 Å². The molecule has 0 aliphatic rings. The van der Waals surface area contributed by atoms with Crippen LogP contribution in [0.5, 0.6) is 5.75 Å². The average Bonchev–Trinajstić information content (AvgIpc) is 2.47. The Balaban J connectivity index is 2.02. The Kier molecular flexibility index (Phi) is 4.38. The van der Waals surface area contributed by atoms with Crippen LogP contribution in [0.25, 0.3) is 0 Å². The van der Waals surface area contributed by atoms with E-state index in [0.29, 0.717) is 5.56 Å². The number of phenolic OH excluding ortho intramolecular Hbond substituents is 1. The molecule has 0 amide bonds. The van der Waals surface area contributed by atoms with Gasteiger partial charge in [0.25, 0.3) is 0 Å². The van der Waals surface area contributed by atoms with Crippen LogP contribution in [0.15, 0.2) is 42.5 Å². The Hall–Kier alpha value is -2.62. The number of carbonyl (C=O) groups is 2. The highest BCUT2D eigenvalue weighted by molar-refractivity contribution is 6.00. The topological polar surface area (TPSA) is 63.6 Å². The first kappa shape index (κ1) is 14.8. The van der Waals surface area contributed by atoms with Crippen molar-refractivity contribution in [2.75, 3.05) is 6.61 Å².